The first-order chi connectivity index (χ1) is 10.3. The predicted molar refractivity (Wildman–Crippen MR) is 85.2 cm³/mol. The van der Waals surface area contributed by atoms with Crippen LogP contribution in [0.3, 0.4) is 0 Å². The molecule has 0 saturated carbocycles. The molecule has 22 heavy (non-hydrogen) atoms. The molecule has 122 valence electrons. The number of benzene rings is 1. The van der Waals surface area contributed by atoms with Crippen LogP contribution in [0.15, 0.2) is 17.0 Å². The zero-order valence-electron chi connectivity index (χ0n) is 12.1. The van der Waals surface area contributed by atoms with E-state index in [1.54, 1.807) is 0 Å². The molecule has 1 N–H and O–H groups in total. The second kappa shape index (κ2) is 6.74. The lowest BCUT2D eigenvalue weighted by atomic mass is 10.0. The second-order valence-electron chi connectivity index (χ2n) is 5.24. The summed E-state index contributed by atoms with van der Waals surface area (Å²) in [6.45, 7) is 2.35. The third-order valence-corrected chi connectivity index (χ3v) is 6.61. The van der Waals surface area contributed by atoms with Gasteiger partial charge in [0.25, 0.3) is 0 Å². The first-order valence-electron chi connectivity index (χ1n) is 7.03. The SMILES string of the molecule is CC[C@@H]1CCCCN1S(=O)(=O)c1cc(C(=O)O)c(Cl)cc1Cl. The van der Waals surface area contributed by atoms with Crippen LogP contribution in [0.25, 0.3) is 0 Å². The van der Waals surface area contributed by atoms with Gasteiger partial charge in [0, 0.05) is 12.6 Å². The van der Waals surface area contributed by atoms with Crippen molar-refractivity contribution in [1.29, 1.82) is 0 Å². The van der Waals surface area contributed by atoms with E-state index in [9.17, 15) is 13.2 Å². The number of hydrogen-bond donors (Lipinski definition) is 1. The van der Waals surface area contributed by atoms with Crippen molar-refractivity contribution in [2.24, 2.45) is 0 Å². The topological polar surface area (TPSA) is 74.7 Å². The van der Waals surface area contributed by atoms with Gasteiger partial charge >= 0.3 is 5.97 Å². The Balaban J connectivity index is 2.53. The number of aromatic carboxylic acids is 1. The van der Waals surface area contributed by atoms with E-state index in [2.05, 4.69) is 0 Å². The summed E-state index contributed by atoms with van der Waals surface area (Å²) in [5, 5.41) is 8.98. The number of halogens is 2. The van der Waals surface area contributed by atoms with E-state index in [0.717, 1.165) is 25.3 Å². The molecule has 1 aromatic carbocycles. The zero-order chi connectivity index (χ0) is 16.5. The second-order valence-corrected chi connectivity index (χ2v) is 7.91. The van der Waals surface area contributed by atoms with Gasteiger partial charge in [-0.2, -0.15) is 4.31 Å². The Morgan fingerprint density at radius 2 is 2.00 bits per heavy atom. The van der Waals surface area contributed by atoms with Crippen LogP contribution in [-0.2, 0) is 10.0 Å². The Kier molecular flexibility index (Phi) is 5.37. The maximum absolute atomic E-state index is 12.9. The van der Waals surface area contributed by atoms with E-state index in [1.165, 1.54) is 10.4 Å². The van der Waals surface area contributed by atoms with Crippen molar-refractivity contribution < 1.29 is 18.3 Å². The number of piperidine rings is 1. The van der Waals surface area contributed by atoms with Crippen molar-refractivity contribution in [1.82, 2.24) is 4.31 Å². The molecule has 8 heteroatoms. The van der Waals surface area contributed by atoms with E-state index in [1.807, 2.05) is 6.92 Å². The highest BCUT2D eigenvalue weighted by Gasteiger charge is 2.34. The van der Waals surface area contributed by atoms with Gasteiger partial charge in [-0.15, -0.1) is 0 Å². The summed E-state index contributed by atoms with van der Waals surface area (Å²) in [7, 11) is -3.85. The van der Waals surface area contributed by atoms with Crippen LogP contribution in [0, 0.1) is 0 Å². The summed E-state index contributed by atoms with van der Waals surface area (Å²) < 4.78 is 27.2. The average molecular weight is 366 g/mol. The van der Waals surface area contributed by atoms with Crippen LogP contribution in [0.5, 0.6) is 0 Å². The molecule has 0 unspecified atom stereocenters. The average Bonchev–Trinajstić information content (AvgIpc) is 2.46. The molecule has 1 heterocycles. The lowest BCUT2D eigenvalue weighted by Gasteiger charge is -2.34. The Morgan fingerprint density at radius 3 is 2.59 bits per heavy atom. The molecule has 0 bridgehead atoms. The number of rotatable bonds is 4. The molecule has 0 amide bonds. The van der Waals surface area contributed by atoms with Gasteiger partial charge in [0.15, 0.2) is 0 Å². The van der Waals surface area contributed by atoms with E-state index in [-0.39, 0.29) is 26.5 Å². The van der Waals surface area contributed by atoms with Crippen LogP contribution in [0.1, 0.15) is 43.0 Å². The number of hydrogen-bond acceptors (Lipinski definition) is 3. The normalized spacial score (nSPS) is 20.0. The lowest BCUT2D eigenvalue weighted by Crippen LogP contribution is -2.43. The summed E-state index contributed by atoms with van der Waals surface area (Å²) >= 11 is 11.8. The first-order valence-corrected chi connectivity index (χ1v) is 9.22. The standard InChI is InChI=1S/C14H17Cl2NO4S/c1-2-9-5-3-4-6-17(9)22(20,21)13-7-10(14(18)19)11(15)8-12(13)16/h7-9H,2-6H2,1H3,(H,18,19)/t9-/m1/s1. The van der Waals surface area contributed by atoms with Gasteiger partial charge < -0.3 is 5.11 Å². The minimum absolute atomic E-state index is 0.0598. The smallest absolute Gasteiger partial charge is 0.337 e. The number of carbonyl (C=O) groups is 1. The van der Waals surface area contributed by atoms with Crippen molar-refractivity contribution in [3.05, 3.63) is 27.7 Å². The molecule has 0 radical (unpaired) electrons. The largest absolute Gasteiger partial charge is 0.478 e. The highest BCUT2D eigenvalue weighted by atomic mass is 35.5. The van der Waals surface area contributed by atoms with Gasteiger partial charge in [-0.1, -0.05) is 36.5 Å². The summed E-state index contributed by atoms with van der Waals surface area (Å²) in [5.41, 5.74) is -0.269. The molecule has 0 aliphatic carbocycles. The third kappa shape index (κ3) is 3.25. The molecular formula is C14H17Cl2NO4S. The molecular weight excluding hydrogens is 349 g/mol. The number of carboxylic acids is 1. The van der Waals surface area contributed by atoms with Gasteiger partial charge in [-0.05, 0) is 31.4 Å². The molecule has 1 saturated heterocycles. The summed E-state index contributed by atoms with van der Waals surface area (Å²) in [4.78, 5) is 11.0. The lowest BCUT2D eigenvalue weighted by molar-refractivity contribution is 0.0697. The highest BCUT2D eigenvalue weighted by molar-refractivity contribution is 7.89. The van der Waals surface area contributed by atoms with Gasteiger partial charge in [0.1, 0.15) is 4.90 Å². The minimum Gasteiger partial charge on any atom is -0.478 e. The number of nitrogens with zero attached hydrogens (tertiary/aromatic N) is 1. The quantitative estimate of drug-likeness (QED) is 0.883. The monoisotopic (exact) mass is 365 g/mol. The number of sulfonamides is 1. The fraction of sp³-hybridized carbons (Fsp3) is 0.500. The fourth-order valence-corrected chi connectivity index (χ4v) is 5.31. The molecule has 2 rings (SSSR count). The van der Waals surface area contributed by atoms with E-state index < -0.39 is 16.0 Å². The van der Waals surface area contributed by atoms with Crippen molar-refractivity contribution in [3.8, 4) is 0 Å². The Labute approximate surface area is 139 Å². The van der Waals surface area contributed by atoms with Crippen LogP contribution in [-0.4, -0.2) is 36.4 Å². The van der Waals surface area contributed by atoms with Gasteiger partial charge in [-0.25, -0.2) is 13.2 Å². The maximum atomic E-state index is 12.9. The Hall–Kier alpha value is -0.820. The van der Waals surface area contributed by atoms with Gasteiger partial charge in [-0.3, -0.25) is 0 Å². The van der Waals surface area contributed by atoms with Crippen LogP contribution in [0.2, 0.25) is 10.0 Å². The van der Waals surface area contributed by atoms with E-state index in [4.69, 9.17) is 28.3 Å². The first kappa shape index (κ1) is 17.5. The van der Waals surface area contributed by atoms with Crippen molar-refractivity contribution in [2.45, 2.75) is 43.5 Å². The summed E-state index contributed by atoms with van der Waals surface area (Å²) in [5.74, 6) is -1.29. The molecule has 1 atom stereocenters. The van der Waals surface area contributed by atoms with Crippen LogP contribution >= 0.6 is 23.2 Å². The van der Waals surface area contributed by atoms with Crippen LogP contribution < -0.4 is 0 Å². The molecule has 5 nitrogen and oxygen atoms in total. The highest BCUT2D eigenvalue weighted by Crippen LogP contribution is 2.33. The number of carboxylic acid groups (broad SMARTS) is 1. The van der Waals surface area contributed by atoms with E-state index in [0.29, 0.717) is 13.0 Å². The van der Waals surface area contributed by atoms with Crippen molar-refractivity contribution >= 4 is 39.2 Å². The fourth-order valence-electron chi connectivity index (χ4n) is 2.72. The summed E-state index contributed by atoms with van der Waals surface area (Å²) in [6, 6.07) is 2.13. The maximum Gasteiger partial charge on any atom is 0.337 e. The Bertz CT molecular complexity index is 690. The molecule has 1 aliphatic rings. The van der Waals surface area contributed by atoms with Gasteiger partial charge in [0.2, 0.25) is 10.0 Å². The Morgan fingerprint density at radius 1 is 1.32 bits per heavy atom. The molecule has 0 aromatic heterocycles. The molecule has 1 fully saturated rings. The summed E-state index contributed by atoms with van der Waals surface area (Å²) in [6.07, 6.45) is 3.27. The van der Waals surface area contributed by atoms with Crippen LogP contribution in [0.4, 0.5) is 0 Å². The zero-order valence-corrected chi connectivity index (χ0v) is 14.4. The molecule has 0 spiro atoms. The minimum atomic E-state index is -3.85. The third-order valence-electron chi connectivity index (χ3n) is 3.88. The van der Waals surface area contributed by atoms with Gasteiger partial charge in [0.05, 0.1) is 15.6 Å². The van der Waals surface area contributed by atoms with E-state index >= 15 is 0 Å². The van der Waals surface area contributed by atoms with Crippen molar-refractivity contribution in [2.75, 3.05) is 6.54 Å². The van der Waals surface area contributed by atoms with Crippen molar-refractivity contribution in [3.63, 3.8) is 0 Å². The predicted octanol–water partition coefficient (Wildman–Crippen LogP) is 3.64. The molecule has 1 aromatic rings. The molecule has 1 aliphatic heterocycles.